The van der Waals surface area contributed by atoms with Gasteiger partial charge in [-0.25, -0.2) is 0 Å². The molecule has 0 heterocycles. The summed E-state index contributed by atoms with van der Waals surface area (Å²) in [4.78, 5) is 0. The van der Waals surface area contributed by atoms with Crippen molar-refractivity contribution in [1.82, 2.24) is 0 Å². The molecule has 1 heteroatoms. The summed E-state index contributed by atoms with van der Waals surface area (Å²) in [6, 6.07) is 12.5. The van der Waals surface area contributed by atoms with Gasteiger partial charge in [0.2, 0.25) is 0 Å². The van der Waals surface area contributed by atoms with Crippen LogP contribution in [-0.2, 0) is 38.5 Å². The van der Waals surface area contributed by atoms with E-state index in [-0.39, 0.29) is 16.2 Å². The normalized spacial score (nSPS) is 17.4. The molecule has 2 aromatic carbocycles. The Balaban J connectivity index is 1.98. The van der Waals surface area contributed by atoms with Gasteiger partial charge in [-0.15, -0.1) is 0 Å². The van der Waals surface area contributed by atoms with E-state index < -0.39 is 21.3 Å². The molecule has 0 amide bonds. The minimum absolute atomic E-state index is 0.131. The van der Waals surface area contributed by atoms with Crippen LogP contribution in [0.3, 0.4) is 0 Å². The first kappa shape index (κ1) is 28.7. The number of benzene rings is 2. The van der Waals surface area contributed by atoms with Gasteiger partial charge in [-0.2, -0.15) is 0 Å². The van der Waals surface area contributed by atoms with E-state index in [9.17, 15) is 0 Å². The maximum absolute atomic E-state index is 2.66. The van der Waals surface area contributed by atoms with Gasteiger partial charge in [-0.1, -0.05) is 0 Å². The molecule has 0 bridgehead atoms. The van der Waals surface area contributed by atoms with Crippen LogP contribution in [0.15, 0.2) is 51.3 Å². The zero-order chi connectivity index (χ0) is 27.5. The van der Waals surface area contributed by atoms with Gasteiger partial charge in [-0.05, 0) is 0 Å². The molecule has 0 aromatic heterocycles. The molecule has 0 nitrogen and oxygen atoms in total. The van der Waals surface area contributed by atoms with E-state index in [0.29, 0.717) is 5.92 Å². The van der Waals surface area contributed by atoms with Crippen LogP contribution in [0.5, 0.6) is 0 Å². The molecule has 2 aromatic rings. The second kappa shape index (κ2) is 10.0. The molecule has 0 N–H and O–H groups in total. The molecule has 4 rings (SSSR count). The molecule has 0 saturated carbocycles. The van der Waals surface area contributed by atoms with Crippen molar-refractivity contribution in [3.05, 3.63) is 73.6 Å². The third kappa shape index (κ3) is 5.69. The Morgan fingerprint density at radius 1 is 0.811 bits per heavy atom. The molecule has 0 aliphatic heterocycles. The van der Waals surface area contributed by atoms with E-state index in [2.05, 4.69) is 126 Å². The predicted octanol–water partition coefficient (Wildman–Crippen LogP) is 9.59. The van der Waals surface area contributed by atoms with Crippen molar-refractivity contribution < 1.29 is 21.3 Å². The SMILES string of the molecule is CCCC1C=C(C(C)(C)C)C=[C]1[Zr](=[C](C)C)[c]1cc(C(C)(C)C)cc2c1Cc1ccc(C(C)(C)C)cc1-2. The molecule has 37 heavy (non-hydrogen) atoms. The van der Waals surface area contributed by atoms with Crippen molar-refractivity contribution in [3.8, 4) is 11.1 Å². The summed E-state index contributed by atoms with van der Waals surface area (Å²) < 4.78 is 5.26. The molecule has 2 aliphatic carbocycles. The first-order chi connectivity index (χ1) is 17.0. The fourth-order valence-electron chi connectivity index (χ4n) is 6.01. The Labute approximate surface area is 235 Å². The van der Waals surface area contributed by atoms with E-state index in [1.54, 1.807) is 17.6 Å². The standard InChI is InChI=1S/C21H25.C12H19.C3H6.Zr/c1-20(2,3)16-9-7-14-11-15-8-10-17(21(4,5)6)13-19(15)18(14)12-16;1-5-6-10-7-8-11(9-10)12(2,3)4;1-3-2;/h7,9-10,12-13H,11H2,1-6H3;8-10H,5-6H2,1-4H3;1-2H3;. The average Bonchev–Trinajstić information content (AvgIpc) is 3.34. The zero-order valence-corrected chi connectivity index (χ0v) is 28.2. The van der Waals surface area contributed by atoms with Crippen molar-refractivity contribution in [1.29, 1.82) is 0 Å². The average molecular weight is 574 g/mol. The van der Waals surface area contributed by atoms with Crippen molar-refractivity contribution in [3.63, 3.8) is 0 Å². The Hall–Kier alpha value is -1.33. The summed E-state index contributed by atoms with van der Waals surface area (Å²) >= 11 is -2.29. The third-order valence-corrected chi connectivity index (χ3v) is 15.9. The zero-order valence-electron chi connectivity index (χ0n) is 25.7. The van der Waals surface area contributed by atoms with Crippen molar-refractivity contribution in [2.75, 3.05) is 0 Å². The van der Waals surface area contributed by atoms with E-state index >= 15 is 0 Å². The predicted molar refractivity (Wildman–Crippen MR) is 162 cm³/mol. The van der Waals surface area contributed by atoms with E-state index in [4.69, 9.17) is 0 Å². The summed E-state index contributed by atoms with van der Waals surface area (Å²) in [5, 5.41) is 0. The van der Waals surface area contributed by atoms with Gasteiger partial charge in [0.1, 0.15) is 0 Å². The fraction of sp³-hybridized carbons (Fsp3) is 0.528. The summed E-state index contributed by atoms with van der Waals surface area (Å²) in [7, 11) is 0. The van der Waals surface area contributed by atoms with Gasteiger partial charge in [0.25, 0.3) is 0 Å². The van der Waals surface area contributed by atoms with Gasteiger partial charge >= 0.3 is 237 Å². The van der Waals surface area contributed by atoms with Crippen LogP contribution < -0.4 is 3.27 Å². The Morgan fingerprint density at radius 3 is 1.97 bits per heavy atom. The van der Waals surface area contributed by atoms with Crippen molar-refractivity contribution in [2.45, 2.75) is 113 Å². The number of allylic oxidation sites excluding steroid dienone is 4. The molecule has 0 saturated heterocycles. The van der Waals surface area contributed by atoms with Crippen molar-refractivity contribution >= 4 is 6.48 Å². The molecular formula is C36H50Zr. The van der Waals surface area contributed by atoms with E-state index in [0.717, 1.165) is 6.42 Å². The van der Waals surface area contributed by atoms with Crippen LogP contribution in [-0.4, -0.2) is 3.21 Å². The fourth-order valence-corrected chi connectivity index (χ4v) is 13.8. The number of hydrogen-bond acceptors (Lipinski definition) is 0. The Bertz CT molecular complexity index is 1300. The Kier molecular flexibility index (Phi) is 7.76. The van der Waals surface area contributed by atoms with Gasteiger partial charge in [-0.3, -0.25) is 0 Å². The van der Waals surface area contributed by atoms with Crippen LogP contribution in [0, 0.1) is 11.3 Å². The third-order valence-electron chi connectivity index (χ3n) is 8.36. The van der Waals surface area contributed by atoms with Crippen LogP contribution in [0.25, 0.3) is 11.1 Å². The topological polar surface area (TPSA) is 0 Å². The minimum atomic E-state index is -2.29. The van der Waals surface area contributed by atoms with Gasteiger partial charge < -0.3 is 0 Å². The maximum atomic E-state index is 2.66. The number of fused-ring (bicyclic) bond motifs is 3. The quantitative estimate of drug-likeness (QED) is 0.291. The summed E-state index contributed by atoms with van der Waals surface area (Å²) in [5.41, 5.74) is 11.2. The van der Waals surface area contributed by atoms with Crippen LogP contribution in [0.4, 0.5) is 0 Å². The molecule has 1 atom stereocenters. The van der Waals surface area contributed by atoms with Crippen molar-refractivity contribution in [2.24, 2.45) is 11.3 Å². The summed E-state index contributed by atoms with van der Waals surface area (Å²) in [6.45, 7) is 28.6. The van der Waals surface area contributed by atoms with E-state index in [1.807, 2.05) is 3.28 Å². The Morgan fingerprint density at radius 2 is 1.43 bits per heavy atom. The van der Waals surface area contributed by atoms with Crippen LogP contribution in [0.1, 0.15) is 118 Å². The molecule has 0 spiro atoms. The second-order valence-corrected chi connectivity index (χ2v) is 21.9. The van der Waals surface area contributed by atoms with Gasteiger partial charge in [0, 0.05) is 0 Å². The van der Waals surface area contributed by atoms with Gasteiger partial charge in [0.05, 0.1) is 0 Å². The molecule has 198 valence electrons. The number of rotatable bonds is 4. The van der Waals surface area contributed by atoms with Gasteiger partial charge in [0.15, 0.2) is 0 Å². The molecule has 0 fully saturated rings. The molecule has 2 aliphatic rings. The van der Waals surface area contributed by atoms with E-state index in [1.165, 1.54) is 40.7 Å². The number of hydrogen-bond donors (Lipinski definition) is 0. The second-order valence-electron chi connectivity index (χ2n) is 14.8. The first-order valence-electron chi connectivity index (χ1n) is 14.5. The first-order valence-corrected chi connectivity index (χ1v) is 18.1. The monoisotopic (exact) mass is 572 g/mol. The summed E-state index contributed by atoms with van der Waals surface area (Å²) in [5.74, 6) is 0.619. The van der Waals surface area contributed by atoms with Crippen LogP contribution >= 0.6 is 0 Å². The molecular weight excluding hydrogens is 524 g/mol. The van der Waals surface area contributed by atoms with Crippen LogP contribution in [0.2, 0.25) is 0 Å². The molecule has 0 radical (unpaired) electrons. The summed E-state index contributed by atoms with van der Waals surface area (Å²) in [6.07, 6.45) is 8.92. The molecule has 1 unspecified atom stereocenters.